The Morgan fingerprint density at radius 3 is 2.57 bits per heavy atom. The number of carbonyl (C=O) groups excluding carboxylic acids is 2. The molecule has 0 aliphatic rings. The predicted molar refractivity (Wildman–Crippen MR) is 84.0 cm³/mol. The van der Waals surface area contributed by atoms with Gasteiger partial charge >= 0.3 is 12.1 Å². The zero-order chi connectivity index (χ0) is 17.4. The number of hydrogen-bond acceptors (Lipinski definition) is 6. The number of methoxy groups -OCH3 is 1. The lowest BCUT2D eigenvalue weighted by Crippen LogP contribution is -2.35. The second kappa shape index (κ2) is 6.04. The largest absolute Gasteiger partial charge is 0.465 e. The molecule has 0 unspecified atom stereocenters. The number of halogens is 1. The van der Waals surface area contributed by atoms with E-state index in [4.69, 9.17) is 16.3 Å². The van der Waals surface area contributed by atoms with Gasteiger partial charge in [0.25, 0.3) is 0 Å². The number of aromatic nitrogens is 3. The molecule has 0 saturated carbocycles. The van der Waals surface area contributed by atoms with E-state index in [1.807, 2.05) is 0 Å². The quantitative estimate of drug-likeness (QED) is 0.617. The molecule has 2 rings (SSSR count). The fourth-order valence-corrected chi connectivity index (χ4v) is 2.01. The molecule has 0 aliphatic carbocycles. The summed E-state index contributed by atoms with van der Waals surface area (Å²) in [5, 5.41) is 4.18. The number of carbonyl (C=O) groups is 2. The molecule has 2 aromatic rings. The van der Waals surface area contributed by atoms with Crippen LogP contribution in [-0.2, 0) is 9.47 Å². The SMILES string of the molecule is COC(=O)c1cnn2c(N(C)C(=O)OC(C)(C)C)cc(Cl)nc12. The number of rotatable bonds is 2. The minimum absolute atomic E-state index is 0.105. The maximum Gasteiger partial charge on any atom is 0.415 e. The number of anilines is 1. The van der Waals surface area contributed by atoms with Gasteiger partial charge in [0.15, 0.2) is 5.65 Å². The Balaban J connectivity index is 2.51. The standard InChI is InChI=1S/C14H17ClN4O4/c1-14(2,3)23-13(21)18(4)10-6-9(15)17-11-8(12(20)22-5)7-16-19(10)11/h6-7H,1-5H3. The maximum absolute atomic E-state index is 12.2. The number of nitrogens with zero attached hydrogens (tertiary/aromatic N) is 4. The zero-order valence-electron chi connectivity index (χ0n) is 13.5. The van der Waals surface area contributed by atoms with Gasteiger partial charge in [-0.3, -0.25) is 4.90 Å². The van der Waals surface area contributed by atoms with E-state index in [-0.39, 0.29) is 16.4 Å². The zero-order valence-corrected chi connectivity index (χ0v) is 14.2. The smallest absolute Gasteiger partial charge is 0.415 e. The molecule has 8 nitrogen and oxygen atoms in total. The van der Waals surface area contributed by atoms with Crippen molar-refractivity contribution in [1.82, 2.24) is 14.6 Å². The van der Waals surface area contributed by atoms with Crippen molar-refractivity contribution in [3.05, 3.63) is 23.0 Å². The van der Waals surface area contributed by atoms with Crippen molar-refractivity contribution in [3.8, 4) is 0 Å². The van der Waals surface area contributed by atoms with E-state index in [1.54, 1.807) is 20.8 Å². The molecule has 0 atom stereocenters. The van der Waals surface area contributed by atoms with E-state index in [0.29, 0.717) is 5.82 Å². The fraction of sp³-hybridized carbons (Fsp3) is 0.429. The molecule has 0 spiro atoms. The van der Waals surface area contributed by atoms with E-state index in [2.05, 4.69) is 14.8 Å². The number of fused-ring (bicyclic) bond motifs is 1. The summed E-state index contributed by atoms with van der Waals surface area (Å²) in [7, 11) is 2.77. The lowest BCUT2D eigenvalue weighted by Gasteiger charge is -2.24. The van der Waals surface area contributed by atoms with Gasteiger partial charge in [-0.15, -0.1) is 0 Å². The molecule has 0 saturated heterocycles. The summed E-state index contributed by atoms with van der Waals surface area (Å²) < 4.78 is 11.3. The molecule has 124 valence electrons. The second-order valence-corrected chi connectivity index (χ2v) is 6.15. The predicted octanol–water partition coefficient (Wildman–Crippen LogP) is 2.54. The van der Waals surface area contributed by atoms with Gasteiger partial charge in [-0.05, 0) is 20.8 Å². The summed E-state index contributed by atoms with van der Waals surface area (Å²) in [5.74, 6) is -0.287. The van der Waals surface area contributed by atoms with Gasteiger partial charge in [0.2, 0.25) is 0 Å². The van der Waals surface area contributed by atoms with E-state index in [0.717, 1.165) is 0 Å². The molecule has 2 heterocycles. The summed E-state index contributed by atoms with van der Waals surface area (Å²) >= 11 is 6.00. The van der Waals surface area contributed by atoms with Crippen LogP contribution in [0.3, 0.4) is 0 Å². The van der Waals surface area contributed by atoms with Crippen LogP contribution in [0.2, 0.25) is 5.15 Å². The van der Waals surface area contributed by atoms with E-state index in [1.165, 1.54) is 35.8 Å². The molecule has 2 aromatic heterocycles. The molecule has 1 amide bonds. The molecule has 0 radical (unpaired) electrons. The average Bonchev–Trinajstić information content (AvgIpc) is 2.86. The van der Waals surface area contributed by atoms with E-state index in [9.17, 15) is 9.59 Å². The summed E-state index contributed by atoms with van der Waals surface area (Å²) in [4.78, 5) is 29.3. The Kier molecular flexibility index (Phi) is 4.46. The van der Waals surface area contributed by atoms with Crippen molar-refractivity contribution in [3.63, 3.8) is 0 Å². The molecular formula is C14H17ClN4O4. The summed E-state index contributed by atoms with van der Waals surface area (Å²) in [6.07, 6.45) is 0.716. The van der Waals surface area contributed by atoms with Crippen LogP contribution in [0.4, 0.5) is 10.6 Å². The van der Waals surface area contributed by atoms with E-state index < -0.39 is 17.7 Å². The summed E-state index contributed by atoms with van der Waals surface area (Å²) in [6.45, 7) is 5.28. The number of hydrogen-bond donors (Lipinski definition) is 0. The monoisotopic (exact) mass is 340 g/mol. The highest BCUT2D eigenvalue weighted by atomic mass is 35.5. The molecule has 23 heavy (non-hydrogen) atoms. The van der Waals surface area contributed by atoms with Crippen molar-refractivity contribution < 1.29 is 19.1 Å². The molecule has 0 aromatic carbocycles. The highest BCUT2D eigenvalue weighted by Crippen LogP contribution is 2.23. The molecule has 0 bridgehead atoms. The Bertz CT molecular complexity index is 766. The van der Waals surface area contributed by atoms with Crippen molar-refractivity contribution in [1.29, 1.82) is 0 Å². The Morgan fingerprint density at radius 2 is 2.00 bits per heavy atom. The van der Waals surface area contributed by atoms with Gasteiger partial charge in [0.05, 0.1) is 13.3 Å². The summed E-state index contributed by atoms with van der Waals surface area (Å²) in [5.41, 5.74) is -0.314. The minimum Gasteiger partial charge on any atom is -0.465 e. The first-order valence-electron chi connectivity index (χ1n) is 6.73. The fourth-order valence-electron chi connectivity index (χ4n) is 1.84. The third-order valence-corrected chi connectivity index (χ3v) is 3.03. The van der Waals surface area contributed by atoms with Gasteiger partial charge < -0.3 is 9.47 Å². The topological polar surface area (TPSA) is 86.0 Å². The molecule has 0 N–H and O–H groups in total. The van der Waals surface area contributed by atoms with Gasteiger partial charge in [0.1, 0.15) is 22.1 Å². The number of amides is 1. The first-order valence-corrected chi connectivity index (χ1v) is 7.11. The highest BCUT2D eigenvalue weighted by Gasteiger charge is 2.24. The van der Waals surface area contributed by atoms with Crippen LogP contribution in [0.1, 0.15) is 31.1 Å². The molecule has 9 heteroatoms. The second-order valence-electron chi connectivity index (χ2n) is 5.76. The number of ether oxygens (including phenoxy) is 2. The van der Waals surface area contributed by atoms with Crippen molar-refractivity contribution in [2.24, 2.45) is 0 Å². The van der Waals surface area contributed by atoms with Gasteiger partial charge in [-0.1, -0.05) is 11.6 Å². The van der Waals surface area contributed by atoms with E-state index >= 15 is 0 Å². The lowest BCUT2D eigenvalue weighted by atomic mass is 10.2. The summed E-state index contributed by atoms with van der Waals surface area (Å²) in [6, 6.07) is 1.45. The lowest BCUT2D eigenvalue weighted by molar-refractivity contribution is 0.0583. The molecule has 0 fully saturated rings. The minimum atomic E-state index is -0.650. The van der Waals surface area contributed by atoms with Crippen molar-refractivity contribution in [2.75, 3.05) is 19.1 Å². The van der Waals surface area contributed by atoms with Crippen LogP contribution in [0.25, 0.3) is 5.65 Å². The number of esters is 1. The third-order valence-electron chi connectivity index (χ3n) is 2.84. The van der Waals surface area contributed by atoms with Gasteiger partial charge in [-0.25, -0.2) is 14.6 Å². The van der Waals surface area contributed by atoms with Crippen LogP contribution in [-0.4, -0.2) is 46.4 Å². The first-order chi connectivity index (χ1) is 10.6. The maximum atomic E-state index is 12.2. The van der Waals surface area contributed by atoms with Crippen LogP contribution in [0.15, 0.2) is 12.3 Å². The normalized spacial score (nSPS) is 11.4. The molecule has 0 aliphatic heterocycles. The van der Waals surface area contributed by atoms with Crippen LogP contribution in [0.5, 0.6) is 0 Å². The van der Waals surface area contributed by atoms with Gasteiger partial charge in [0, 0.05) is 13.1 Å². The van der Waals surface area contributed by atoms with Crippen molar-refractivity contribution in [2.45, 2.75) is 26.4 Å². The van der Waals surface area contributed by atoms with Crippen molar-refractivity contribution >= 4 is 35.1 Å². The van der Waals surface area contributed by atoms with Crippen LogP contribution >= 0.6 is 11.6 Å². The molecular weight excluding hydrogens is 324 g/mol. The van der Waals surface area contributed by atoms with Crippen LogP contribution in [0, 0.1) is 0 Å². The third kappa shape index (κ3) is 3.53. The Labute approximate surface area is 137 Å². The first kappa shape index (κ1) is 17.0. The van der Waals surface area contributed by atoms with Gasteiger partial charge in [-0.2, -0.15) is 9.61 Å². The Hall–Kier alpha value is -2.35. The Morgan fingerprint density at radius 1 is 1.35 bits per heavy atom. The average molecular weight is 341 g/mol. The van der Waals surface area contributed by atoms with Crippen LogP contribution < -0.4 is 4.90 Å². The highest BCUT2D eigenvalue weighted by molar-refractivity contribution is 6.30.